The first-order valence-electron chi connectivity index (χ1n) is 13.1. The summed E-state index contributed by atoms with van der Waals surface area (Å²) in [5, 5.41) is 0. The minimum Gasteiger partial charge on any atom is -0.0776 e. The fourth-order valence-corrected chi connectivity index (χ4v) is 6.71. The van der Waals surface area contributed by atoms with Gasteiger partial charge in [-0.2, -0.15) is 0 Å². The van der Waals surface area contributed by atoms with E-state index < -0.39 is 0 Å². The monoisotopic (exact) mass is 406 g/mol. The molecule has 4 bridgehead atoms. The Kier molecular flexibility index (Phi) is 10.3. The van der Waals surface area contributed by atoms with E-state index in [4.69, 9.17) is 0 Å². The van der Waals surface area contributed by atoms with E-state index in [1.54, 1.807) is 0 Å². The van der Waals surface area contributed by atoms with Crippen LogP contribution in [0.25, 0.3) is 0 Å². The third-order valence-electron chi connectivity index (χ3n) is 9.41. The molecule has 0 aromatic heterocycles. The van der Waals surface area contributed by atoms with Gasteiger partial charge in [0.05, 0.1) is 0 Å². The molecule has 0 saturated heterocycles. The lowest BCUT2D eigenvalue weighted by atomic mass is 9.55. The number of fused-ring (bicyclic) bond motifs is 5. The van der Waals surface area contributed by atoms with Gasteiger partial charge in [-0.15, -0.1) is 0 Å². The molecule has 0 N–H and O–H groups in total. The number of rotatable bonds is 0. The van der Waals surface area contributed by atoms with Crippen LogP contribution in [0, 0.1) is 27.6 Å². The van der Waals surface area contributed by atoms with E-state index in [0.717, 1.165) is 27.6 Å². The van der Waals surface area contributed by atoms with Gasteiger partial charge < -0.3 is 0 Å². The molecule has 6 aliphatic rings. The van der Waals surface area contributed by atoms with E-state index in [2.05, 4.69) is 34.6 Å². The van der Waals surface area contributed by atoms with Crippen molar-refractivity contribution < 1.29 is 0 Å². The highest BCUT2D eigenvalue weighted by Gasteiger charge is 2.48. The fraction of sp³-hybridized carbons (Fsp3) is 1.00. The van der Waals surface area contributed by atoms with Crippen LogP contribution in [0.5, 0.6) is 0 Å². The Bertz CT molecular complexity index is 386. The summed E-state index contributed by atoms with van der Waals surface area (Å²) >= 11 is 0. The lowest BCUT2D eigenvalue weighted by molar-refractivity contribution is 0.0164. The van der Waals surface area contributed by atoms with Crippen molar-refractivity contribution in [1.29, 1.82) is 0 Å². The molecular formula is C29H58. The zero-order valence-corrected chi connectivity index (χ0v) is 20.9. The van der Waals surface area contributed by atoms with Gasteiger partial charge in [0, 0.05) is 0 Å². The molecule has 6 saturated carbocycles. The second-order valence-corrected chi connectivity index (χ2v) is 12.7. The summed E-state index contributed by atoms with van der Waals surface area (Å²) in [6, 6.07) is 0. The van der Waals surface area contributed by atoms with Gasteiger partial charge in [0.2, 0.25) is 0 Å². The summed E-state index contributed by atoms with van der Waals surface area (Å²) < 4.78 is 0. The molecule has 174 valence electrons. The Hall–Kier alpha value is 0. The molecule has 0 spiro atoms. The van der Waals surface area contributed by atoms with Crippen molar-refractivity contribution in [2.24, 2.45) is 27.6 Å². The number of hydrogen-bond donors (Lipinski definition) is 0. The molecule has 6 aliphatic carbocycles. The molecule has 0 aromatic rings. The summed E-state index contributed by atoms with van der Waals surface area (Å²) in [5.41, 5.74) is 3.07. The molecule has 6 rings (SSSR count). The Balaban J connectivity index is 0.000000208. The maximum absolute atomic E-state index is 2.48. The quantitative estimate of drug-likeness (QED) is 0.375. The highest BCUT2D eigenvalue weighted by Crippen LogP contribution is 2.60. The van der Waals surface area contributed by atoms with Gasteiger partial charge in [-0.05, 0) is 98.2 Å². The fourth-order valence-electron chi connectivity index (χ4n) is 6.71. The summed E-state index contributed by atoms with van der Waals surface area (Å²) in [7, 11) is 0. The van der Waals surface area contributed by atoms with Crippen LogP contribution >= 0.6 is 0 Å². The van der Waals surface area contributed by atoms with E-state index in [1.807, 2.05) is 13.8 Å². The number of hydrogen-bond acceptors (Lipinski definition) is 0. The lowest BCUT2D eigenvalue weighted by Gasteiger charge is -2.50. The molecule has 29 heavy (non-hydrogen) atoms. The lowest BCUT2D eigenvalue weighted by Crippen LogP contribution is -2.37. The van der Waals surface area contributed by atoms with Gasteiger partial charge in [0.1, 0.15) is 0 Å². The van der Waals surface area contributed by atoms with Crippen LogP contribution < -0.4 is 0 Å². The highest BCUT2D eigenvalue weighted by molar-refractivity contribution is 4.99. The van der Waals surface area contributed by atoms with Gasteiger partial charge in [-0.25, -0.2) is 0 Å². The molecular weight excluding hydrogens is 348 g/mol. The van der Waals surface area contributed by atoms with Crippen LogP contribution in [0.4, 0.5) is 0 Å². The highest BCUT2D eigenvalue weighted by atomic mass is 14.5. The third-order valence-corrected chi connectivity index (χ3v) is 9.41. The maximum atomic E-state index is 2.48. The first-order chi connectivity index (χ1) is 13.1. The average Bonchev–Trinajstić information content (AvgIpc) is 3.18. The Morgan fingerprint density at radius 1 is 0.483 bits per heavy atom. The molecule has 0 radical (unpaired) electrons. The van der Waals surface area contributed by atoms with Gasteiger partial charge in [-0.1, -0.05) is 88.0 Å². The third kappa shape index (κ3) is 7.88. The van der Waals surface area contributed by atoms with E-state index >= 15 is 0 Å². The Morgan fingerprint density at radius 3 is 0.931 bits per heavy atom. The second-order valence-electron chi connectivity index (χ2n) is 12.7. The minimum absolute atomic E-state index is 0. The van der Waals surface area contributed by atoms with Crippen molar-refractivity contribution in [3.8, 4) is 0 Å². The molecule has 0 atom stereocenters. The maximum Gasteiger partial charge on any atom is -0.0320 e. The van der Waals surface area contributed by atoms with Crippen molar-refractivity contribution in [2.75, 3.05) is 0 Å². The standard InChI is InChI=1S/C10H18.C9H16.C7H14.C2H6.CH4/c1-9-3-6-10(2,7-4-9)8-5-9;1-8-3-5-9(2,7-8)6-4-8;1-7-5-3-2-4-6-7;1-2;/h3-8H2,1-2H3;3-7H2,1-2H3;7H,2-6H2,1H3;1-2H3;1H4. The normalized spacial score (nSPS) is 42.3. The first kappa shape index (κ1) is 27.0. The van der Waals surface area contributed by atoms with Crippen LogP contribution in [0.3, 0.4) is 0 Å². The van der Waals surface area contributed by atoms with Crippen molar-refractivity contribution in [1.82, 2.24) is 0 Å². The van der Waals surface area contributed by atoms with Crippen LogP contribution in [0.1, 0.15) is 159 Å². The molecule has 0 heteroatoms. The molecule has 0 heterocycles. The molecule has 0 aromatic carbocycles. The van der Waals surface area contributed by atoms with Crippen molar-refractivity contribution in [2.45, 2.75) is 159 Å². The predicted molar refractivity (Wildman–Crippen MR) is 134 cm³/mol. The second kappa shape index (κ2) is 11.0. The summed E-state index contributed by atoms with van der Waals surface area (Å²) in [4.78, 5) is 0. The van der Waals surface area contributed by atoms with Gasteiger partial charge in [0.25, 0.3) is 0 Å². The van der Waals surface area contributed by atoms with Gasteiger partial charge in [-0.3, -0.25) is 0 Å². The largest absolute Gasteiger partial charge is 0.0776 e. The molecule has 0 nitrogen and oxygen atoms in total. The molecule has 0 unspecified atom stereocenters. The van der Waals surface area contributed by atoms with E-state index in [1.165, 1.54) is 103 Å². The zero-order valence-electron chi connectivity index (χ0n) is 20.9. The topological polar surface area (TPSA) is 0 Å². The average molecular weight is 407 g/mol. The Morgan fingerprint density at radius 2 is 0.759 bits per heavy atom. The smallest absolute Gasteiger partial charge is 0.0320 e. The van der Waals surface area contributed by atoms with Gasteiger partial charge in [0.15, 0.2) is 0 Å². The molecule has 6 fully saturated rings. The molecule has 0 aliphatic heterocycles. The van der Waals surface area contributed by atoms with E-state index in [0.29, 0.717) is 0 Å². The van der Waals surface area contributed by atoms with Crippen LogP contribution in [-0.2, 0) is 0 Å². The van der Waals surface area contributed by atoms with E-state index in [-0.39, 0.29) is 7.43 Å². The van der Waals surface area contributed by atoms with Crippen LogP contribution in [0.15, 0.2) is 0 Å². The van der Waals surface area contributed by atoms with Crippen LogP contribution in [-0.4, -0.2) is 0 Å². The summed E-state index contributed by atoms with van der Waals surface area (Å²) in [5.74, 6) is 1.04. The summed E-state index contributed by atoms with van der Waals surface area (Å²) in [6.45, 7) is 16.2. The Labute approximate surface area is 186 Å². The minimum atomic E-state index is 0. The van der Waals surface area contributed by atoms with Crippen molar-refractivity contribution in [3.05, 3.63) is 0 Å². The van der Waals surface area contributed by atoms with Crippen molar-refractivity contribution >= 4 is 0 Å². The van der Waals surface area contributed by atoms with Crippen molar-refractivity contribution in [3.63, 3.8) is 0 Å². The predicted octanol–water partition coefficient (Wildman–Crippen LogP) is 10.6. The molecule has 0 amide bonds. The first-order valence-corrected chi connectivity index (χ1v) is 13.1. The zero-order chi connectivity index (χ0) is 20.9. The van der Waals surface area contributed by atoms with Crippen LogP contribution in [0.2, 0.25) is 0 Å². The van der Waals surface area contributed by atoms with E-state index in [9.17, 15) is 0 Å². The summed E-state index contributed by atoms with van der Waals surface area (Å²) in [6.07, 6.45) is 24.0. The van der Waals surface area contributed by atoms with Gasteiger partial charge >= 0.3 is 0 Å². The SMILES string of the molecule is C.CC.CC12CCC(C)(CC1)C2.CC12CCC(C)(CC1)CC2.CC1CCCCC1.